The first-order valence-electron chi connectivity index (χ1n) is 8.00. The van der Waals surface area contributed by atoms with Crippen LogP contribution in [-0.4, -0.2) is 24.0 Å². The molecular weight excluding hydrogens is 410 g/mol. The van der Waals surface area contributed by atoms with Gasteiger partial charge in [0.2, 0.25) is 4.80 Å². The fraction of sp³-hybridized carbons (Fsp3) is 0.412. The van der Waals surface area contributed by atoms with Crippen molar-refractivity contribution in [3.8, 4) is 0 Å². The number of benzene rings is 1. The van der Waals surface area contributed by atoms with Crippen molar-refractivity contribution in [2.75, 3.05) is 0 Å². The maximum absolute atomic E-state index is 12.9. The average molecular weight is 432 g/mol. The van der Waals surface area contributed by atoms with Crippen LogP contribution in [0.1, 0.15) is 43.0 Å². The summed E-state index contributed by atoms with van der Waals surface area (Å²) in [5, 5.41) is 10.1. The largest absolute Gasteiger partial charge is 0.378 e. The van der Waals surface area contributed by atoms with E-state index in [1.54, 1.807) is 11.6 Å². The molecule has 2 rings (SSSR count). The summed E-state index contributed by atoms with van der Waals surface area (Å²) >= 11 is 7.19. The number of carbonyl (C=O) groups excluding carboxylic acids is 1. The van der Waals surface area contributed by atoms with Gasteiger partial charge in [0.25, 0.3) is 15.9 Å². The van der Waals surface area contributed by atoms with Gasteiger partial charge in [0.15, 0.2) is 6.10 Å². The van der Waals surface area contributed by atoms with Crippen molar-refractivity contribution in [3.05, 3.63) is 44.2 Å². The van der Waals surface area contributed by atoms with Crippen LogP contribution < -0.4 is 10.5 Å². The van der Waals surface area contributed by atoms with Crippen LogP contribution in [0.15, 0.2) is 27.5 Å². The minimum Gasteiger partial charge on any atom is -0.378 e. The summed E-state index contributed by atoms with van der Waals surface area (Å²) in [5.74, 6) is -1.07. The summed E-state index contributed by atoms with van der Waals surface area (Å²) in [7, 11) is -2.53. The zero-order chi connectivity index (χ0) is 20.7. The number of aromatic nitrogens is 1. The number of hydrogen-bond donors (Lipinski definition) is 2. The molecule has 0 spiro atoms. The Hall–Kier alpha value is -1.68. The lowest BCUT2D eigenvalue weighted by Crippen LogP contribution is -2.23. The highest BCUT2D eigenvalue weighted by Gasteiger charge is 2.27. The molecule has 1 unspecified atom stereocenters. The molecule has 0 saturated heterocycles. The Labute approximate surface area is 167 Å². The maximum Gasteiger partial charge on any atom is 0.285 e. The van der Waals surface area contributed by atoms with Crippen LogP contribution in [0.3, 0.4) is 0 Å². The van der Waals surface area contributed by atoms with Gasteiger partial charge in [0.1, 0.15) is 0 Å². The van der Waals surface area contributed by atoms with Gasteiger partial charge in [-0.25, -0.2) is 0 Å². The maximum atomic E-state index is 12.9. The van der Waals surface area contributed by atoms with Crippen molar-refractivity contribution in [1.29, 1.82) is 0 Å². The Morgan fingerprint density at radius 1 is 1.37 bits per heavy atom. The summed E-state index contributed by atoms with van der Waals surface area (Å²) in [4.78, 5) is 12.3. The third kappa shape index (κ3) is 4.43. The SMILES string of the molecule is Cc1c(C(C)(C)C)sc(=NS(=O)(=O)c2cc(Cl)ccc2C(O)C(N)=O)n1C. The molecule has 1 aromatic heterocycles. The molecule has 2 aromatic rings. The van der Waals surface area contributed by atoms with Gasteiger partial charge in [0, 0.05) is 28.2 Å². The molecule has 1 atom stereocenters. The van der Waals surface area contributed by atoms with E-state index in [0.717, 1.165) is 16.6 Å². The number of rotatable bonds is 4. The smallest absolute Gasteiger partial charge is 0.285 e. The van der Waals surface area contributed by atoms with E-state index in [0.29, 0.717) is 0 Å². The van der Waals surface area contributed by atoms with Gasteiger partial charge >= 0.3 is 0 Å². The predicted molar refractivity (Wildman–Crippen MR) is 105 cm³/mol. The number of aliphatic hydroxyl groups is 1. The first-order chi connectivity index (χ1) is 12.3. The molecule has 0 aliphatic carbocycles. The first-order valence-corrected chi connectivity index (χ1v) is 10.6. The van der Waals surface area contributed by atoms with Crippen LogP contribution >= 0.6 is 22.9 Å². The minimum absolute atomic E-state index is 0.131. The van der Waals surface area contributed by atoms with Crippen LogP contribution in [-0.2, 0) is 27.3 Å². The molecule has 10 heteroatoms. The van der Waals surface area contributed by atoms with Crippen molar-refractivity contribution in [3.63, 3.8) is 0 Å². The number of aliphatic hydroxyl groups excluding tert-OH is 1. The zero-order valence-electron chi connectivity index (χ0n) is 15.6. The van der Waals surface area contributed by atoms with E-state index in [4.69, 9.17) is 17.3 Å². The molecule has 3 N–H and O–H groups in total. The topological polar surface area (TPSA) is 115 Å². The minimum atomic E-state index is -4.25. The third-order valence-corrected chi connectivity index (χ3v) is 7.34. The number of thiazole rings is 1. The molecule has 7 nitrogen and oxygen atoms in total. The highest BCUT2D eigenvalue weighted by molar-refractivity contribution is 7.90. The second kappa shape index (κ2) is 7.38. The van der Waals surface area contributed by atoms with Gasteiger partial charge in [-0.15, -0.1) is 15.7 Å². The predicted octanol–water partition coefficient (Wildman–Crippen LogP) is 2.15. The van der Waals surface area contributed by atoms with E-state index in [1.165, 1.54) is 23.5 Å². The molecule has 0 fully saturated rings. The van der Waals surface area contributed by atoms with Crippen LogP contribution in [0.2, 0.25) is 5.02 Å². The van der Waals surface area contributed by atoms with E-state index in [1.807, 2.05) is 27.7 Å². The molecule has 1 heterocycles. The summed E-state index contributed by atoms with van der Waals surface area (Å²) in [6.45, 7) is 7.98. The number of amides is 1. The molecule has 0 aliphatic heterocycles. The number of sulfonamides is 1. The molecule has 0 radical (unpaired) electrons. The van der Waals surface area contributed by atoms with E-state index in [2.05, 4.69) is 4.40 Å². The molecular formula is C17H22ClN3O4S2. The summed E-state index contributed by atoms with van der Waals surface area (Å²) in [6.07, 6.45) is -1.79. The zero-order valence-corrected chi connectivity index (χ0v) is 18.0. The highest BCUT2D eigenvalue weighted by Crippen LogP contribution is 2.29. The lowest BCUT2D eigenvalue weighted by Gasteiger charge is -2.17. The van der Waals surface area contributed by atoms with E-state index < -0.39 is 22.0 Å². The van der Waals surface area contributed by atoms with Crippen molar-refractivity contribution in [2.45, 2.75) is 44.1 Å². The van der Waals surface area contributed by atoms with Crippen LogP contribution in [0.25, 0.3) is 0 Å². The Balaban J connectivity index is 2.74. The Kier molecular flexibility index (Phi) is 5.91. The average Bonchev–Trinajstić information content (AvgIpc) is 2.82. The lowest BCUT2D eigenvalue weighted by molar-refractivity contribution is -0.126. The molecule has 27 heavy (non-hydrogen) atoms. The number of primary amides is 1. The molecule has 0 bridgehead atoms. The first kappa shape index (κ1) is 21.6. The monoisotopic (exact) mass is 431 g/mol. The number of nitrogens with zero attached hydrogens (tertiary/aromatic N) is 2. The van der Waals surface area contributed by atoms with Gasteiger partial charge in [-0.2, -0.15) is 8.42 Å². The van der Waals surface area contributed by atoms with Gasteiger partial charge in [-0.3, -0.25) is 4.79 Å². The fourth-order valence-electron chi connectivity index (χ4n) is 2.57. The van der Waals surface area contributed by atoms with Gasteiger partial charge in [0.05, 0.1) is 4.90 Å². The number of halogens is 1. The standard InChI is InChI=1S/C17H22ClN3O4S2/c1-9-14(17(2,3)4)26-16(21(9)5)20-27(24,25)12-8-10(18)6-7-11(12)13(22)15(19)23/h6-8,13,22H,1-5H3,(H2,19,23). The normalized spacial score (nSPS) is 14.4. The number of nitrogens with two attached hydrogens (primary N) is 1. The van der Waals surface area contributed by atoms with Crippen LogP contribution in [0, 0.1) is 6.92 Å². The van der Waals surface area contributed by atoms with Crippen molar-refractivity contribution < 1.29 is 18.3 Å². The molecule has 148 valence electrons. The summed E-state index contributed by atoms with van der Waals surface area (Å²) < 4.78 is 31.5. The lowest BCUT2D eigenvalue weighted by atomic mass is 9.93. The van der Waals surface area contributed by atoms with E-state index in [9.17, 15) is 18.3 Å². The Morgan fingerprint density at radius 2 is 1.96 bits per heavy atom. The van der Waals surface area contributed by atoms with E-state index >= 15 is 0 Å². The van der Waals surface area contributed by atoms with Crippen LogP contribution in [0.4, 0.5) is 0 Å². The Bertz CT molecular complexity index is 1060. The number of hydrogen-bond acceptors (Lipinski definition) is 5. The third-order valence-electron chi connectivity index (χ3n) is 4.01. The van der Waals surface area contributed by atoms with Gasteiger partial charge < -0.3 is 15.4 Å². The molecule has 0 aliphatic rings. The van der Waals surface area contributed by atoms with Crippen LogP contribution in [0.5, 0.6) is 0 Å². The van der Waals surface area contributed by atoms with Crippen molar-refractivity contribution >= 4 is 38.9 Å². The quantitative estimate of drug-likeness (QED) is 0.771. The van der Waals surface area contributed by atoms with E-state index in [-0.39, 0.29) is 25.7 Å². The second-order valence-electron chi connectivity index (χ2n) is 7.16. The van der Waals surface area contributed by atoms with Crippen molar-refractivity contribution in [1.82, 2.24) is 4.57 Å². The highest BCUT2D eigenvalue weighted by atomic mass is 35.5. The fourth-order valence-corrected chi connectivity index (χ4v) is 5.48. The van der Waals surface area contributed by atoms with Gasteiger partial charge in [-0.1, -0.05) is 38.4 Å². The van der Waals surface area contributed by atoms with Gasteiger partial charge in [-0.05, 0) is 24.5 Å². The summed E-state index contributed by atoms with van der Waals surface area (Å²) in [6, 6.07) is 3.77. The molecule has 1 amide bonds. The molecule has 0 saturated carbocycles. The summed E-state index contributed by atoms with van der Waals surface area (Å²) in [5.41, 5.74) is 5.69. The Morgan fingerprint density at radius 3 is 2.44 bits per heavy atom. The second-order valence-corrected chi connectivity index (χ2v) is 10.1. The number of carbonyl (C=O) groups is 1. The molecule has 1 aromatic carbocycles. The van der Waals surface area contributed by atoms with Crippen molar-refractivity contribution in [2.24, 2.45) is 17.2 Å².